The molecule has 4 nitrogen and oxygen atoms in total. The molecule has 0 atom stereocenters. The summed E-state index contributed by atoms with van der Waals surface area (Å²) in [4.78, 5) is 24.9. The number of carbonyl (C=O) groups is 2. The number of Topliss-reactive ketones (excluding diaryl/α,β-unsaturated/α-hetero) is 1. The van der Waals surface area contributed by atoms with Crippen molar-refractivity contribution in [2.24, 2.45) is 0 Å². The third kappa shape index (κ3) is 3.35. The van der Waals surface area contributed by atoms with Crippen molar-refractivity contribution in [2.45, 2.75) is 32.8 Å². The number of benzene rings is 1. The third-order valence-electron chi connectivity index (χ3n) is 3.15. The van der Waals surface area contributed by atoms with Gasteiger partial charge in [-0.3, -0.25) is 9.59 Å². The first-order valence-electron chi connectivity index (χ1n) is 6.74. The maximum atomic E-state index is 13.9. The van der Waals surface area contributed by atoms with Crippen LogP contribution in [0.2, 0.25) is 0 Å². The highest BCUT2D eigenvalue weighted by atomic mass is 19.1. The quantitative estimate of drug-likeness (QED) is 0.853. The van der Waals surface area contributed by atoms with Gasteiger partial charge in [0.05, 0.1) is 6.10 Å². The lowest BCUT2D eigenvalue weighted by Crippen LogP contribution is -2.38. The summed E-state index contributed by atoms with van der Waals surface area (Å²) in [6, 6.07) is 4.22. The van der Waals surface area contributed by atoms with E-state index >= 15 is 0 Å². The lowest BCUT2D eigenvalue weighted by Gasteiger charge is -2.26. The number of amides is 1. The Labute approximate surface area is 117 Å². The fourth-order valence-electron chi connectivity index (χ4n) is 2.13. The van der Waals surface area contributed by atoms with Gasteiger partial charge < -0.3 is 9.64 Å². The number of ketones is 1. The van der Waals surface area contributed by atoms with Crippen LogP contribution in [0.1, 0.15) is 37.0 Å². The molecule has 0 spiro atoms. The highest BCUT2D eigenvalue weighted by Gasteiger charge is 2.22. The van der Waals surface area contributed by atoms with Crippen LogP contribution in [0.4, 0.5) is 4.39 Å². The Morgan fingerprint density at radius 3 is 2.50 bits per heavy atom. The van der Waals surface area contributed by atoms with Crippen LogP contribution in [0.25, 0.3) is 0 Å². The Morgan fingerprint density at radius 1 is 1.30 bits per heavy atom. The van der Waals surface area contributed by atoms with Crippen LogP contribution in [-0.4, -0.2) is 35.8 Å². The molecule has 1 aromatic rings. The Morgan fingerprint density at radius 2 is 1.95 bits per heavy atom. The minimum Gasteiger partial charge on any atom is -0.488 e. The number of hydrogen-bond acceptors (Lipinski definition) is 3. The first kappa shape index (κ1) is 14.5. The first-order chi connectivity index (χ1) is 9.47. The minimum atomic E-state index is -0.544. The molecule has 0 aliphatic carbocycles. The predicted octanol–water partition coefficient (Wildman–Crippen LogP) is 2.42. The number of nitrogens with zero attached hydrogens (tertiary/aromatic N) is 1. The van der Waals surface area contributed by atoms with E-state index in [2.05, 4.69) is 0 Å². The molecule has 1 aliphatic heterocycles. The van der Waals surface area contributed by atoms with Crippen molar-refractivity contribution >= 4 is 11.7 Å². The van der Waals surface area contributed by atoms with Gasteiger partial charge >= 0.3 is 0 Å². The summed E-state index contributed by atoms with van der Waals surface area (Å²) >= 11 is 0. The molecule has 0 saturated carbocycles. The number of hydrogen-bond donors (Lipinski definition) is 0. The van der Waals surface area contributed by atoms with E-state index < -0.39 is 5.82 Å². The van der Waals surface area contributed by atoms with E-state index in [-0.39, 0.29) is 29.1 Å². The molecule has 0 bridgehead atoms. The number of ether oxygens (including phenoxy) is 1. The molecule has 0 unspecified atom stereocenters. The fourth-order valence-corrected chi connectivity index (χ4v) is 2.13. The SMILES string of the molecule is CC(C)Oc1ccc(C(=O)N2CCC(=O)CC2)cc1F. The average molecular weight is 279 g/mol. The van der Waals surface area contributed by atoms with Crippen molar-refractivity contribution in [2.75, 3.05) is 13.1 Å². The van der Waals surface area contributed by atoms with E-state index in [9.17, 15) is 14.0 Å². The van der Waals surface area contributed by atoms with Gasteiger partial charge in [0.1, 0.15) is 5.78 Å². The zero-order valence-corrected chi connectivity index (χ0v) is 11.7. The van der Waals surface area contributed by atoms with Crippen LogP contribution in [0.15, 0.2) is 18.2 Å². The second-order valence-electron chi connectivity index (χ2n) is 5.14. The van der Waals surface area contributed by atoms with Gasteiger partial charge in [-0.15, -0.1) is 0 Å². The van der Waals surface area contributed by atoms with Crippen molar-refractivity contribution in [1.29, 1.82) is 0 Å². The molecule has 0 N–H and O–H groups in total. The highest BCUT2D eigenvalue weighted by Crippen LogP contribution is 2.21. The summed E-state index contributed by atoms with van der Waals surface area (Å²) < 4.78 is 19.1. The van der Waals surface area contributed by atoms with Crippen molar-refractivity contribution in [1.82, 2.24) is 4.90 Å². The number of rotatable bonds is 3. The molecule has 1 fully saturated rings. The molecule has 108 valence electrons. The minimum absolute atomic E-state index is 0.126. The number of halogens is 1. The number of likely N-dealkylation sites (tertiary alicyclic amines) is 1. The molecule has 1 heterocycles. The van der Waals surface area contributed by atoms with E-state index in [4.69, 9.17) is 4.74 Å². The molecule has 1 saturated heterocycles. The van der Waals surface area contributed by atoms with Gasteiger partial charge in [0.15, 0.2) is 11.6 Å². The maximum Gasteiger partial charge on any atom is 0.253 e. The Kier molecular flexibility index (Phi) is 4.37. The van der Waals surface area contributed by atoms with Crippen LogP contribution < -0.4 is 4.74 Å². The topological polar surface area (TPSA) is 46.6 Å². The fraction of sp³-hybridized carbons (Fsp3) is 0.467. The average Bonchev–Trinajstić information content (AvgIpc) is 2.41. The van der Waals surface area contributed by atoms with E-state index in [1.807, 2.05) is 13.8 Å². The lowest BCUT2D eigenvalue weighted by molar-refractivity contribution is -0.120. The predicted molar refractivity (Wildman–Crippen MR) is 72.3 cm³/mol. The summed E-state index contributed by atoms with van der Waals surface area (Å²) in [5.74, 6) is -0.476. The van der Waals surface area contributed by atoms with E-state index in [1.165, 1.54) is 12.1 Å². The van der Waals surface area contributed by atoms with Crippen LogP contribution >= 0.6 is 0 Å². The van der Waals surface area contributed by atoms with E-state index in [0.29, 0.717) is 25.9 Å². The molecule has 0 aromatic heterocycles. The number of carbonyl (C=O) groups excluding carboxylic acids is 2. The monoisotopic (exact) mass is 279 g/mol. The van der Waals surface area contributed by atoms with Crippen LogP contribution in [0.5, 0.6) is 5.75 Å². The van der Waals surface area contributed by atoms with Gasteiger partial charge in [0.25, 0.3) is 5.91 Å². The van der Waals surface area contributed by atoms with Crippen molar-refractivity contribution < 1.29 is 18.7 Å². The zero-order valence-electron chi connectivity index (χ0n) is 11.7. The van der Waals surface area contributed by atoms with Gasteiger partial charge in [-0.25, -0.2) is 4.39 Å². The smallest absolute Gasteiger partial charge is 0.253 e. The molecule has 20 heavy (non-hydrogen) atoms. The second kappa shape index (κ2) is 6.03. The zero-order chi connectivity index (χ0) is 14.7. The van der Waals surface area contributed by atoms with Crippen molar-refractivity contribution in [3.8, 4) is 5.75 Å². The molecule has 2 rings (SSSR count). The Balaban J connectivity index is 2.11. The summed E-state index contributed by atoms with van der Waals surface area (Å²) in [5, 5.41) is 0. The van der Waals surface area contributed by atoms with Gasteiger partial charge in [-0.1, -0.05) is 0 Å². The number of piperidine rings is 1. The molecule has 0 radical (unpaired) electrons. The Hall–Kier alpha value is -1.91. The standard InChI is InChI=1S/C15H18FNO3/c1-10(2)20-14-4-3-11(9-13(14)16)15(19)17-7-5-12(18)6-8-17/h3-4,9-10H,5-8H2,1-2H3. The molecular formula is C15H18FNO3. The molecular weight excluding hydrogens is 261 g/mol. The Bertz CT molecular complexity index is 518. The molecule has 1 amide bonds. The summed E-state index contributed by atoms with van der Waals surface area (Å²) in [5.41, 5.74) is 0.285. The third-order valence-corrected chi connectivity index (χ3v) is 3.15. The van der Waals surface area contributed by atoms with Gasteiger partial charge in [0, 0.05) is 31.5 Å². The van der Waals surface area contributed by atoms with Crippen LogP contribution in [0, 0.1) is 5.82 Å². The normalized spacial score (nSPS) is 15.6. The van der Waals surface area contributed by atoms with Gasteiger partial charge in [-0.2, -0.15) is 0 Å². The molecule has 1 aliphatic rings. The lowest BCUT2D eigenvalue weighted by atomic mass is 10.1. The summed E-state index contributed by atoms with van der Waals surface area (Å²) in [6.45, 7) is 4.43. The largest absolute Gasteiger partial charge is 0.488 e. The summed E-state index contributed by atoms with van der Waals surface area (Å²) in [7, 11) is 0. The van der Waals surface area contributed by atoms with Crippen LogP contribution in [0.3, 0.4) is 0 Å². The van der Waals surface area contributed by atoms with Gasteiger partial charge in [0.2, 0.25) is 0 Å². The van der Waals surface area contributed by atoms with Gasteiger partial charge in [-0.05, 0) is 32.0 Å². The first-order valence-corrected chi connectivity index (χ1v) is 6.74. The van der Waals surface area contributed by atoms with Crippen molar-refractivity contribution in [3.05, 3.63) is 29.6 Å². The van der Waals surface area contributed by atoms with Crippen LogP contribution in [-0.2, 0) is 4.79 Å². The van der Waals surface area contributed by atoms with E-state index in [1.54, 1.807) is 11.0 Å². The molecule has 5 heteroatoms. The second-order valence-corrected chi connectivity index (χ2v) is 5.14. The van der Waals surface area contributed by atoms with E-state index in [0.717, 1.165) is 0 Å². The maximum absolute atomic E-state index is 13.9. The summed E-state index contributed by atoms with van der Waals surface area (Å²) in [6.07, 6.45) is 0.630. The highest BCUT2D eigenvalue weighted by molar-refractivity contribution is 5.95. The molecule has 1 aromatic carbocycles. The van der Waals surface area contributed by atoms with Crippen molar-refractivity contribution in [3.63, 3.8) is 0 Å².